The number of likely N-dealkylation sites (tertiary alicyclic amines) is 1. The molecule has 80 valence electrons. The molecule has 0 radical (unpaired) electrons. The first-order chi connectivity index (χ1) is 6.65. The molecule has 0 aromatic rings. The summed E-state index contributed by atoms with van der Waals surface area (Å²) in [6, 6.07) is 0. The maximum absolute atomic E-state index is 11.3. The minimum atomic E-state index is -0.852. The molecule has 0 aromatic heterocycles. The van der Waals surface area contributed by atoms with Crippen LogP contribution in [0.3, 0.4) is 0 Å². The van der Waals surface area contributed by atoms with Gasteiger partial charge in [-0.3, -0.25) is 9.59 Å². The van der Waals surface area contributed by atoms with Crippen molar-refractivity contribution in [1.29, 1.82) is 0 Å². The van der Waals surface area contributed by atoms with E-state index in [1.54, 1.807) is 4.90 Å². The third-order valence-electron chi connectivity index (χ3n) is 2.51. The maximum atomic E-state index is 11.3. The summed E-state index contributed by atoms with van der Waals surface area (Å²) in [4.78, 5) is 23.5. The molecule has 1 aliphatic rings. The van der Waals surface area contributed by atoms with Crippen molar-refractivity contribution in [3.05, 3.63) is 0 Å². The molecule has 2 amide bonds. The molecule has 1 rings (SSSR count). The number of nitrogens with one attached hydrogen (secondary N) is 1. The predicted molar refractivity (Wildman–Crippen MR) is 52.4 cm³/mol. The van der Waals surface area contributed by atoms with Crippen LogP contribution in [0.2, 0.25) is 0 Å². The van der Waals surface area contributed by atoms with E-state index in [4.69, 9.17) is 5.73 Å². The topological polar surface area (TPSA) is 75.4 Å². The van der Waals surface area contributed by atoms with Crippen LogP contribution in [0.15, 0.2) is 0 Å². The number of hydrogen-bond donors (Lipinski definition) is 2. The van der Waals surface area contributed by atoms with E-state index in [9.17, 15) is 9.59 Å². The van der Waals surface area contributed by atoms with Crippen LogP contribution in [0.25, 0.3) is 0 Å². The Kier molecular flexibility index (Phi) is 3.88. The van der Waals surface area contributed by atoms with Gasteiger partial charge in [-0.2, -0.15) is 0 Å². The molecule has 0 spiro atoms. The van der Waals surface area contributed by atoms with Gasteiger partial charge in [-0.05, 0) is 32.4 Å². The van der Waals surface area contributed by atoms with Gasteiger partial charge in [-0.15, -0.1) is 0 Å². The molecule has 1 heterocycles. The lowest BCUT2D eigenvalue weighted by Gasteiger charge is -2.31. The second kappa shape index (κ2) is 4.95. The number of carbonyl (C=O) groups is 2. The Balaban J connectivity index is 2.47. The lowest BCUT2D eigenvalue weighted by Crippen LogP contribution is -2.47. The Morgan fingerprint density at radius 1 is 1.57 bits per heavy atom. The highest BCUT2D eigenvalue weighted by molar-refractivity contribution is 6.34. The highest BCUT2D eigenvalue weighted by atomic mass is 16.2. The van der Waals surface area contributed by atoms with Crippen molar-refractivity contribution in [3.8, 4) is 0 Å². The lowest BCUT2D eigenvalue weighted by molar-refractivity contribution is -0.145. The zero-order chi connectivity index (χ0) is 10.6. The van der Waals surface area contributed by atoms with Crippen LogP contribution < -0.4 is 11.1 Å². The van der Waals surface area contributed by atoms with Gasteiger partial charge in [-0.1, -0.05) is 0 Å². The first-order valence-electron chi connectivity index (χ1n) is 4.88. The third-order valence-corrected chi connectivity index (χ3v) is 2.51. The van der Waals surface area contributed by atoms with Crippen molar-refractivity contribution >= 4 is 11.8 Å². The highest BCUT2D eigenvalue weighted by Gasteiger charge is 2.25. The normalized spacial score (nSPS) is 22.1. The summed E-state index contributed by atoms with van der Waals surface area (Å²) >= 11 is 0. The van der Waals surface area contributed by atoms with Crippen LogP contribution in [0, 0.1) is 5.92 Å². The number of amides is 2. The van der Waals surface area contributed by atoms with E-state index < -0.39 is 11.8 Å². The summed E-state index contributed by atoms with van der Waals surface area (Å²) in [5.74, 6) is -0.960. The number of carbonyl (C=O) groups excluding carboxylic acids is 2. The third kappa shape index (κ3) is 2.70. The molecular weight excluding hydrogens is 182 g/mol. The standard InChI is InChI=1S/C9H17N3O2/c1-11-5-7-3-2-4-12(6-7)9(14)8(10)13/h7,11H,2-6H2,1H3,(H2,10,13). The van der Waals surface area contributed by atoms with Crippen molar-refractivity contribution in [1.82, 2.24) is 10.2 Å². The van der Waals surface area contributed by atoms with Crippen LogP contribution >= 0.6 is 0 Å². The largest absolute Gasteiger partial charge is 0.361 e. The lowest BCUT2D eigenvalue weighted by atomic mass is 9.98. The van der Waals surface area contributed by atoms with Crippen molar-refractivity contribution in [2.24, 2.45) is 11.7 Å². The molecule has 1 saturated heterocycles. The average Bonchev–Trinajstić information content (AvgIpc) is 2.17. The molecule has 14 heavy (non-hydrogen) atoms. The summed E-state index contributed by atoms with van der Waals surface area (Å²) in [5.41, 5.74) is 4.94. The molecule has 0 bridgehead atoms. The fraction of sp³-hybridized carbons (Fsp3) is 0.778. The fourth-order valence-electron chi connectivity index (χ4n) is 1.86. The Bertz CT molecular complexity index is 228. The first kappa shape index (κ1) is 11.0. The van der Waals surface area contributed by atoms with Crippen molar-refractivity contribution in [2.75, 3.05) is 26.7 Å². The molecule has 0 aliphatic carbocycles. The highest BCUT2D eigenvalue weighted by Crippen LogP contribution is 2.15. The van der Waals surface area contributed by atoms with Crippen LogP contribution in [0.4, 0.5) is 0 Å². The molecular formula is C9H17N3O2. The van der Waals surface area contributed by atoms with Gasteiger partial charge in [0.2, 0.25) is 0 Å². The van der Waals surface area contributed by atoms with E-state index >= 15 is 0 Å². The van der Waals surface area contributed by atoms with E-state index in [0.29, 0.717) is 19.0 Å². The Morgan fingerprint density at radius 3 is 2.86 bits per heavy atom. The van der Waals surface area contributed by atoms with Gasteiger partial charge in [-0.25, -0.2) is 0 Å². The van der Waals surface area contributed by atoms with Crippen molar-refractivity contribution < 1.29 is 9.59 Å². The van der Waals surface area contributed by atoms with E-state index in [-0.39, 0.29) is 0 Å². The zero-order valence-electron chi connectivity index (χ0n) is 8.45. The molecule has 5 heteroatoms. The monoisotopic (exact) mass is 199 g/mol. The summed E-state index contributed by atoms with van der Waals surface area (Å²) in [5, 5.41) is 3.07. The SMILES string of the molecule is CNCC1CCCN(C(=O)C(N)=O)C1. The minimum Gasteiger partial charge on any atom is -0.361 e. The predicted octanol–water partition coefficient (Wildman–Crippen LogP) is -1.07. The van der Waals surface area contributed by atoms with E-state index in [0.717, 1.165) is 19.4 Å². The number of primary amides is 1. The van der Waals surface area contributed by atoms with Crippen LogP contribution in [0.1, 0.15) is 12.8 Å². The Morgan fingerprint density at radius 2 is 2.29 bits per heavy atom. The smallest absolute Gasteiger partial charge is 0.311 e. The van der Waals surface area contributed by atoms with Gasteiger partial charge in [0.25, 0.3) is 0 Å². The van der Waals surface area contributed by atoms with Gasteiger partial charge in [0.1, 0.15) is 0 Å². The van der Waals surface area contributed by atoms with Gasteiger partial charge >= 0.3 is 11.8 Å². The average molecular weight is 199 g/mol. The quantitative estimate of drug-likeness (QED) is 0.556. The number of piperidine rings is 1. The molecule has 0 aromatic carbocycles. The summed E-state index contributed by atoms with van der Waals surface area (Å²) < 4.78 is 0. The molecule has 1 fully saturated rings. The van der Waals surface area contributed by atoms with E-state index in [1.165, 1.54) is 0 Å². The number of hydrogen-bond acceptors (Lipinski definition) is 3. The summed E-state index contributed by atoms with van der Waals surface area (Å²) in [7, 11) is 1.88. The zero-order valence-corrected chi connectivity index (χ0v) is 8.45. The van der Waals surface area contributed by atoms with Gasteiger partial charge in [0, 0.05) is 13.1 Å². The van der Waals surface area contributed by atoms with Crippen LogP contribution in [-0.4, -0.2) is 43.4 Å². The van der Waals surface area contributed by atoms with Gasteiger partial charge < -0.3 is 16.0 Å². The number of nitrogens with zero attached hydrogens (tertiary/aromatic N) is 1. The van der Waals surface area contributed by atoms with Gasteiger partial charge in [0.05, 0.1) is 0 Å². The van der Waals surface area contributed by atoms with E-state index in [1.807, 2.05) is 7.05 Å². The first-order valence-corrected chi connectivity index (χ1v) is 4.88. The molecule has 5 nitrogen and oxygen atoms in total. The molecule has 1 unspecified atom stereocenters. The minimum absolute atomic E-state index is 0.442. The van der Waals surface area contributed by atoms with Crippen molar-refractivity contribution in [2.45, 2.75) is 12.8 Å². The summed E-state index contributed by atoms with van der Waals surface area (Å²) in [6.07, 6.45) is 2.05. The molecule has 0 saturated carbocycles. The number of nitrogens with two attached hydrogens (primary N) is 1. The Hall–Kier alpha value is -1.10. The number of rotatable bonds is 2. The second-order valence-corrected chi connectivity index (χ2v) is 3.68. The van der Waals surface area contributed by atoms with Gasteiger partial charge in [0.15, 0.2) is 0 Å². The van der Waals surface area contributed by atoms with Crippen LogP contribution in [-0.2, 0) is 9.59 Å². The van der Waals surface area contributed by atoms with E-state index in [2.05, 4.69) is 5.32 Å². The van der Waals surface area contributed by atoms with Crippen molar-refractivity contribution in [3.63, 3.8) is 0 Å². The molecule has 1 atom stereocenters. The fourth-order valence-corrected chi connectivity index (χ4v) is 1.86. The second-order valence-electron chi connectivity index (χ2n) is 3.68. The maximum Gasteiger partial charge on any atom is 0.311 e. The summed E-state index contributed by atoms with van der Waals surface area (Å²) in [6.45, 7) is 2.17. The Labute approximate surface area is 83.6 Å². The van der Waals surface area contributed by atoms with Crippen LogP contribution in [0.5, 0.6) is 0 Å². The molecule has 3 N–H and O–H groups in total. The molecule has 1 aliphatic heterocycles.